The van der Waals surface area contributed by atoms with Gasteiger partial charge in [0, 0.05) is 61.6 Å². The van der Waals surface area contributed by atoms with Crippen LogP contribution in [0.15, 0.2) is 71.1 Å². The predicted octanol–water partition coefficient (Wildman–Crippen LogP) is 6.13. The number of aromatic nitrogens is 1. The third kappa shape index (κ3) is 5.86. The minimum atomic E-state index is 0.674. The first-order chi connectivity index (χ1) is 17.8. The van der Waals surface area contributed by atoms with Gasteiger partial charge in [-0.25, -0.2) is 4.98 Å². The lowest BCUT2D eigenvalue weighted by atomic mass is 10.0. The molecular weight excluding hydrogens is 482 g/mol. The number of thiazole rings is 1. The first-order valence-electron chi connectivity index (χ1n) is 11.9. The Balaban J connectivity index is 1.67. The molecular formula is C29H33N5O2S. The first kappa shape index (κ1) is 26.0. The summed E-state index contributed by atoms with van der Waals surface area (Å²) < 4.78 is 10.9. The van der Waals surface area contributed by atoms with Crippen LogP contribution in [-0.4, -0.2) is 53.1 Å². The zero-order valence-electron chi connectivity index (χ0n) is 22.4. The number of nitrogens with one attached hydrogen (secondary N) is 1. The van der Waals surface area contributed by atoms with Crippen LogP contribution in [0, 0.1) is 6.92 Å². The number of hydrogen-bond acceptors (Lipinski definition) is 8. The third-order valence-corrected chi connectivity index (χ3v) is 6.84. The second-order valence-electron chi connectivity index (χ2n) is 9.01. The summed E-state index contributed by atoms with van der Waals surface area (Å²) in [7, 11) is 11.4. The van der Waals surface area contributed by atoms with Crippen LogP contribution >= 0.6 is 11.3 Å². The molecule has 0 aliphatic heterocycles. The fourth-order valence-corrected chi connectivity index (χ4v) is 4.59. The highest BCUT2D eigenvalue weighted by molar-refractivity contribution is 7.14. The van der Waals surface area contributed by atoms with Crippen LogP contribution in [0.3, 0.4) is 0 Å². The van der Waals surface area contributed by atoms with Crippen LogP contribution in [0.2, 0.25) is 0 Å². The molecule has 0 bridgehead atoms. The second kappa shape index (κ2) is 11.3. The molecule has 0 unspecified atom stereocenters. The Morgan fingerprint density at radius 2 is 1.32 bits per heavy atom. The molecule has 4 aromatic rings. The molecule has 7 nitrogen and oxygen atoms in total. The smallest absolute Gasteiger partial charge is 0.203 e. The van der Waals surface area contributed by atoms with E-state index in [1.807, 2.05) is 52.6 Å². The number of hydrogen-bond donors (Lipinski definition) is 1. The highest BCUT2D eigenvalue weighted by Crippen LogP contribution is 2.36. The Kier molecular flexibility index (Phi) is 7.98. The normalized spacial score (nSPS) is 10.6. The molecule has 0 amide bonds. The lowest BCUT2D eigenvalue weighted by Crippen LogP contribution is -2.11. The summed E-state index contributed by atoms with van der Waals surface area (Å²) in [6.07, 6.45) is 0. The van der Waals surface area contributed by atoms with E-state index in [4.69, 9.17) is 19.6 Å². The molecule has 0 aliphatic rings. The van der Waals surface area contributed by atoms with Crippen molar-refractivity contribution in [3.05, 3.63) is 82.7 Å². The quantitative estimate of drug-likeness (QED) is 0.214. The Hall–Kier alpha value is -4.04. The van der Waals surface area contributed by atoms with E-state index in [0.29, 0.717) is 16.6 Å². The number of aryl methyl sites for hydroxylation is 1. The van der Waals surface area contributed by atoms with Gasteiger partial charge in [-0.05, 0) is 48.9 Å². The molecule has 1 aromatic heterocycles. The Morgan fingerprint density at radius 1 is 0.811 bits per heavy atom. The van der Waals surface area contributed by atoms with Gasteiger partial charge < -0.3 is 19.3 Å². The maximum Gasteiger partial charge on any atom is 0.203 e. The molecule has 4 rings (SSSR count). The van der Waals surface area contributed by atoms with E-state index >= 15 is 0 Å². The van der Waals surface area contributed by atoms with E-state index in [0.717, 1.165) is 45.0 Å². The van der Waals surface area contributed by atoms with Gasteiger partial charge in [-0.3, -0.25) is 5.43 Å². The highest BCUT2D eigenvalue weighted by atomic mass is 32.1. The van der Waals surface area contributed by atoms with Crippen molar-refractivity contribution in [1.29, 1.82) is 0 Å². The minimum absolute atomic E-state index is 0.674. The summed E-state index contributed by atoms with van der Waals surface area (Å²) in [4.78, 5) is 8.96. The van der Waals surface area contributed by atoms with Gasteiger partial charge in [0.1, 0.15) is 0 Å². The number of benzene rings is 3. The maximum absolute atomic E-state index is 5.49. The minimum Gasteiger partial charge on any atom is -0.493 e. The van der Waals surface area contributed by atoms with Crippen LogP contribution in [0.1, 0.15) is 16.7 Å². The van der Waals surface area contributed by atoms with Gasteiger partial charge in [-0.2, -0.15) is 5.10 Å². The maximum atomic E-state index is 5.49. The Bertz CT molecular complexity index is 1320. The Morgan fingerprint density at radius 3 is 1.81 bits per heavy atom. The highest BCUT2D eigenvalue weighted by Gasteiger charge is 2.14. The summed E-state index contributed by atoms with van der Waals surface area (Å²) in [5, 5.41) is 7.54. The van der Waals surface area contributed by atoms with Crippen LogP contribution in [0.4, 0.5) is 16.5 Å². The molecule has 192 valence electrons. The largest absolute Gasteiger partial charge is 0.493 e. The number of hydrazone groups is 1. The third-order valence-electron chi connectivity index (χ3n) is 6.09. The van der Waals surface area contributed by atoms with Crippen molar-refractivity contribution in [2.75, 3.05) is 57.6 Å². The van der Waals surface area contributed by atoms with E-state index in [1.54, 1.807) is 14.2 Å². The number of ether oxygens (including phenoxy) is 2. The van der Waals surface area contributed by atoms with E-state index in [9.17, 15) is 0 Å². The van der Waals surface area contributed by atoms with E-state index in [-0.39, 0.29) is 0 Å². The van der Waals surface area contributed by atoms with Gasteiger partial charge in [-0.15, -0.1) is 11.3 Å². The number of methoxy groups -OCH3 is 2. The van der Waals surface area contributed by atoms with Crippen LogP contribution in [-0.2, 0) is 0 Å². The first-order valence-corrected chi connectivity index (χ1v) is 12.8. The molecule has 1 heterocycles. The average Bonchev–Trinajstić information content (AvgIpc) is 3.37. The molecule has 3 aromatic carbocycles. The van der Waals surface area contributed by atoms with Crippen LogP contribution < -0.4 is 24.7 Å². The summed E-state index contributed by atoms with van der Waals surface area (Å²) >= 11 is 1.51. The van der Waals surface area contributed by atoms with Crippen molar-refractivity contribution < 1.29 is 9.47 Å². The van der Waals surface area contributed by atoms with E-state index in [1.165, 1.54) is 11.3 Å². The van der Waals surface area contributed by atoms with E-state index < -0.39 is 0 Å². The molecule has 8 heteroatoms. The second-order valence-corrected chi connectivity index (χ2v) is 9.87. The molecule has 0 atom stereocenters. The summed E-state index contributed by atoms with van der Waals surface area (Å²) in [6.45, 7) is 2.04. The average molecular weight is 516 g/mol. The van der Waals surface area contributed by atoms with Crippen LogP contribution in [0.5, 0.6) is 11.5 Å². The van der Waals surface area contributed by atoms with E-state index in [2.05, 4.69) is 63.8 Å². The van der Waals surface area contributed by atoms with Crippen molar-refractivity contribution in [3.63, 3.8) is 0 Å². The number of anilines is 3. The fraction of sp³-hybridized carbons (Fsp3) is 0.241. The van der Waals surface area contributed by atoms with Gasteiger partial charge >= 0.3 is 0 Å². The standard InChI is InChI=1S/C29H33N5O2S/c1-19-16-26(35-6)27(36-7)17-24(19)25-18-37-29(30-25)32-31-28(20-8-12-22(13-9-20)33(2)3)21-10-14-23(15-11-21)34(4)5/h8-18H,1-7H3,(H,30,32). The number of nitrogens with zero attached hydrogens (tertiary/aromatic N) is 4. The lowest BCUT2D eigenvalue weighted by molar-refractivity contribution is 0.355. The molecule has 0 fully saturated rings. The van der Waals surface area contributed by atoms with Gasteiger partial charge in [0.25, 0.3) is 0 Å². The van der Waals surface area contributed by atoms with Crippen molar-refractivity contribution in [1.82, 2.24) is 4.98 Å². The topological polar surface area (TPSA) is 62.2 Å². The molecule has 0 radical (unpaired) electrons. The fourth-order valence-electron chi connectivity index (χ4n) is 3.94. The SMILES string of the molecule is COc1cc(C)c(-c2csc(NN=C(c3ccc(N(C)C)cc3)c3ccc(N(C)C)cc3)n2)cc1OC. The lowest BCUT2D eigenvalue weighted by Gasteiger charge is -2.15. The molecule has 0 aliphatic carbocycles. The van der Waals surface area contributed by atoms with Gasteiger partial charge in [0.15, 0.2) is 11.5 Å². The van der Waals surface area contributed by atoms with Gasteiger partial charge in [-0.1, -0.05) is 24.3 Å². The molecule has 37 heavy (non-hydrogen) atoms. The number of rotatable bonds is 9. The van der Waals surface area contributed by atoms with Gasteiger partial charge in [0.2, 0.25) is 5.13 Å². The molecule has 1 N–H and O–H groups in total. The summed E-state index contributed by atoms with van der Waals surface area (Å²) in [5.41, 5.74) is 11.2. The summed E-state index contributed by atoms with van der Waals surface area (Å²) in [6, 6.07) is 20.7. The summed E-state index contributed by atoms with van der Waals surface area (Å²) in [5.74, 6) is 1.38. The predicted molar refractivity (Wildman–Crippen MR) is 156 cm³/mol. The van der Waals surface area contributed by atoms with Crippen molar-refractivity contribution in [3.8, 4) is 22.8 Å². The van der Waals surface area contributed by atoms with Crippen LogP contribution in [0.25, 0.3) is 11.3 Å². The Labute approximate surface area is 223 Å². The molecule has 0 saturated heterocycles. The van der Waals surface area contributed by atoms with Gasteiger partial charge in [0.05, 0.1) is 25.6 Å². The van der Waals surface area contributed by atoms with Crippen molar-refractivity contribution in [2.45, 2.75) is 6.92 Å². The molecule has 0 saturated carbocycles. The monoisotopic (exact) mass is 515 g/mol. The molecule has 0 spiro atoms. The zero-order chi connectivity index (χ0) is 26.5. The zero-order valence-corrected chi connectivity index (χ0v) is 23.2. The van der Waals surface area contributed by atoms with Crippen molar-refractivity contribution in [2.24, 2.45) is 5.10 Å². The van der Waals surface area contributed by atoms with Crippen molar-refractivity contribution >= 4 is 33.6 Å².